The number of ketones is 1. The molecule has 0 aliphatic heterocycles. The molecule has 0 fully saturated rings. The molecule has 1 aliphatic carbocycles. The van der Waals surface area contributed by atoms with Gasteiger partial charge < -0.3 is 0 Å². The van der Waals surface area contributed by atoms with Crippen LogP contribution < -0.4 is 0 Å². The van der Waals surface area contributed by atoms with E-state index < -0.39 is 0 Å². The molecule has 0 radical (unpaired) electrons. The molecule has 5 heteroatoms. The van der Waals surface area contributed by atoms with E-state index in [-0.39, 0.29) is 5.78 Å². The standard InChI is InChI=1S/C13H10Br2OS2/c14-8-6-17-13(11(8)15)12(16)10-5-7-3-1-2-4-9(7)18-10/h5-6H,1-4H2. The van der Waals surface area contributed by atoms with E-state index in [1.54, 1.807) is 11.3 Å². The molecule has 0 amide bonds. The number of carbonyl (C=O) groups is 1. The molecule has 0 bridgehead atoms. The maximum absolute atomic E-state index is 12.5. The molecule has 3 rings (SSSR count). The Kier molecular flexibility index (Phi) is 3.76. The van der Waals surface area contributed by atoms with Crippen molar-refractivity contribution in [2.75, 3.05) is 0 Å². The van der Waals surface area contributed by atoms with Crippen molar-refractivity contribution >= 4 is 60.3 Å². The predicted molar refractivity (Wildman–Crippen MR) is 84.1 cm³/mol. The Morgan fingerprint density at radius 3 is 2.67 bits per heavy atom. The van der Waals surface area contributed by atoms with Crippen molar-refractivity contribution in [3.63, 3.8) is 0 Å². The van der Waals surface area contributed by atoms with Crippen LogP contribution >= 0.6 is 54.5 Å². The maximum Gasteiger partial charge on any atom is 0.214 e. The van der Waals surface area contributed by atoms with Crippen LogP contribution in [0.2, 0.25) is 0 Å². The summed E-state index contributed by atoms with van der Waals surface area (Å²) in [5.74, 6) is 0.150. The quantitative estimate of drug-likeness (QED) is 0.607. The molecule has 0 spiro atoms. The molecule has 2 heterocycles. The third-order valence-corrected chi connectivity index (χ3v) is 7.88. The number of rotatable bonds is 2. The number of aryl methyl sites for hydroxylation is 2. The molecule has 0 unspecified atom stereocenters. The Labute approximate surface area is 130 Å². The van der Waals surface area contributed by atoms with Gasteiger partial charge in [-0.1, -0.05) is 0 Å². The fourth-order valence-corrected chi connectivity index (χ4v) is 5.56. The molecule has 94 valence electrons. The lowest BCUT2D eigenvalue weighted by Crippen LogP contribution is -1.97. The average Bonchev–Trinajstić information content (AvgIpc) is 2.94. The molecule has 0 N–H and O–H groups in total. The first-order chi connectivity index (χ1) is 8.66. The molecule has 0 saturated carbocycles. The minimum Gasteiger partial charge on any atom is -0.287 e. The van der Waals surface area contributed by atoms with E-state index in [1.807, 2.05) is 5.38 Å². The van der Waals surface area contributed by atoms with Crippen LogP contribution in [0.15, 0.2) is 20.4 Å². The topological polar surface area (TPSA) is 17.1 Å². The number of fused-ring (bicyclic) bond motifs is 1. The summed E-state index contributed by atoms with van der Waals surface area (Å²) in [6, 6.07) is 2.10. The highest BCUT2D eigenvalue weighted by molar-refractivity contribution is 9.13. The van der Waals surface area contributed by atoms with E-state index in [0.29, 0.717) is 0 Å². The summed E-state index contributed by atoms with van der Waals surface area (Å²) in [4.78, 5) is 15.6. The van der Waals surface area contributed by atoms with Crippen molar-refractivity contribution < 1.29 is 4.79 Å². The van der Waals surface area contributed by atoms with Gasteiger partial charge in [0.05, 0.1) is 14.2 Å². The third-order valence-electron chi connectivity index (χ3n) is 3.12. The number of hydrogen-bond donors (Lipinski definition) is 0. The highest BCUT2D eigenvalue weighted by Crippen LogP contribution is 2.37. The Balaban J connectivity index is 1.97. The molecule has 1 nitrogen and oxygen atoms in total. The largest absolute Gasteiger partial charge is 0.287 e. The Hall–Kier alpha value is 0.0300. The van der Waals surface area contributed by atoms with E-state index in [0.717, 1.165) is 31.5 Å². The summed E-state index contributed by atoms with van der Waals surface area (Å²) in [6.07, 6.45) is 4.79. The summed E-state index contributed by atoms with van der Waals surface area (Å²) in [6.45, 7) is 0. The maximum atomic E-state index is 12.5. The first-order valence-corrected chi connectivity index (χ1v) is 9.04. The smallest absolute Gasteiger partial charge is 0.214 e. The van der Waals surface area contributed by atoms with Crippen LogP contribution in [-0.2, 0) is 12.8 Å². The van der Waals surface area contributed by atoms with E-state index in [2.05, 4.69) is 37.9 Å². The monoisotopic (exact) mass is 404 g/mol. The predicted octanol–water partition coefficient (Wildman–Crippen LogP) is 5.44. The Morgan fingerprint density at radius 1 is 1.22 bits per heavy atom. The molecule has 0 saturated heterocycles. The average molecular weight is 406 g/mol. The first kappa shape index (κ1) is 13.0. The van der Waals surface area contributed by atoms with Gasteiger partial charge in [-0.15, -0.1) is 22.7 Å². The minimum absolute atomic E-state index is 0.150. The first-order valence-electron chi connectivity index (χ1n) is 5.75. The second-order valence-corrected chi connectivity index (χ2v) is 7.99. The van der Waals surface area contributed by atoms with Gasteiger partial charge in [0, 0.05) is 14.7 Å². The summed E-state index contributed by atoms with van der Waals surface area (Å²) in [5.41, 5.74) is 1.39. The van der Waals surface area contributed by atoms with Gasteiger partial charge in [-0.25, -0.2) is 0 Å². The van der Waals surface area contributed by atoms with E-state index in [9.17, 15) is 4.79 Å². The molecule has 0 aromatic carbocycles. The van der Waals surface area contributed by atoms with Gasteiger partial charge >= 0.3 is 0 Å². The Morgan fingerprint density at radius 2 is 2.00 bits per heavy atom. The van der Waals surface area contributed by atoms with Gasteiger partial charge in [-0.3, -0.25) is 4.79 Å². The number of thiophene rings is 2. The second kappa shape index (κ2) is 5.19. The van der Waals surface area contributed by atoms with E-state index in [4.69, 9.17) is 0 Å². The molecule has 18 heavy (non-hydrogen) atoms. The summed E-state index contributed by atoms with van der Waals surface area (Å²) in [5, 5.41) is 1.95. The van der Waals surface area contributed by atoms with Gasteiger partial charge in [0.2, 0.25) is 5.78 Å². The zero-order valence-corrected chi connectivity index (χ0v) is 14.3. The van der Waals surface area contributed by atoms with Gasteiger partial charge in [0.25, 0.3) is 0 Å². The van der Waals surface area contributed by atoms with Crippen LogP contribution in [0, 0.1) is 0 Å². The zero-order chi connectivity index (χ0) is 12.7. The van der Waals surface area contributed by atoms with Gasteiger partial charge in [-0.2, -0.15) is 0 Å². The fourth-order valence-electron chi connectivity index (χ4n) is 2.19. The van der Waals surface area contributed by atoms with E-state index >= 15 is 0 Å². The normalized spacial score (nSPS) is 14.6. The summed E-state index contributed by atoms with van der Waals surface area (Å²) < 4.78 is 1.83. The van der Waals surface area contributed by atoms with Crippen LogP contribution in [0.1, 0.15) is 37.8 Å². The fraction of sp³-hybridized carbons (Fsp3) is 0.308. The molecule has 1 aliphatic rings. The van der Waals surface area contributed by atoms with Crippen molar-refractivity contribution in [2.45, 2.75) is 25.7 Å². The van der Waals surface area contributed by atoms with Crippen molar-refractivity contribution in [3.8, 4) is 0 Å². The lowest BCUT2D eigenvalue weighted by Gasteiger charge is -2.08. The van der Waals surface area contributed by atoms with Crippen LogP contribution in [-0.4, -0.2) is 5.78 Å². The van der Waals surface area contributed by atoms with Gasteiger partial charge in [0.15, 0.2) is 0 Å². The SMILES string of the molecule is O=C(c1cc2c(s1)CCCC2)c1scc(Br)c1Br. The Bertz CT molecular complexity index is 589. The van der Waals surface area contributed by atoms with Crippen LogP contribution in [0.3, 0.4) is 0 Å². The highest BCUT2D eigenvalue weighted by Gasteiger charge is 2.21. The molecule has 2 aromatic heterocycles. The lowest BCUT2D eigenvalue weighted by molar-refractivity contribution is 0.104. The summed E-state index contributed by atoms with van der Waals surface area (Å²) in [7, 11) is 0. The minimum atomic E-state index is 0.150. The van der Waals surface area contributed by atoms with Crippen molar-refractivity contribution in [2.24, 2.45) is 0 Å². The van der Waals surface area contributed by atoms with Crippen molar-refractivity contribution in [3.05, 3.63) is 40.6 Å². The zero-order valence-electron chi connectivity index (χ0n) is 9.46. The van der Waals surface area contributed by atoms with Gasteiger partial charge in [0.1, 0.15) is 0 Å². The molecular weight excluding hydrogens is 396 g/mol. The van der Waals surface area contributed by atoms with E-state index in [1.165, 1.54) is 34.6 Å². The van der Waals surface area contributed by atoms with Crippen molar-refractivity contribution in [1.29, 1.82) is 0 Å². The number of halogens is 2. The third kappa shape index (κ3) is 2.26. The molecular formula is C13H10Br2OS2. The number of hydrogen-bond acceptors (Lipinski definition) is 3. The van der Waals surface area contributed by atoms with Crippen LogP contribution in [0.5, 0.6) is 0 Å². The van der Waals surface area contributed by atoms with Crippen molar-refractivity contribution in [1.82, 2.24) is 0 Å². The van der Waals surface area contributed by atoms with Gasteiger partial charge in [-0.05, 0) is 69.2 Å². The van der Waals surface area contributed by atoms with Crippen LogP contribution in [0.4, 0.5) is 0 Å². The second-order valence-electron chi connectivity index (χ2n) is 4.32. The molecule has 2 aromatic rings. The summed E-state index contributed by atoms with van der Waals surface area (Å²) >= 11 is 10.1. The highest BCUT2D eigenvalue weighted by atomic mass is 79.9. The van der Waals surface area contributed by atoms with Crippen LogP contribution in [0.25, 0.3) is 0 Å². The molecule has 0 atom stereocenters. The number of carbonyl (C=O) groups excluding carboxylic acids is 1. The lowest BCUT2D eigenvalue weighted by atomic mass is 9.99.